The quantitative estimate of drug-likeness (QED) is 0.810. The van der Waals surface area contributed by atoms with Crippen molar-refractivity contribution in [3.8, 4) is 11.5 Å². The van der Waals surface area contributed by atoms with Crippen LogP contribution < -0.4 is 19.3 Å². The molecule has 0 aliphatic heterocycles. The van der Waals surface area contributed by atoms with E-state index in [9.17, 15) is 9.59 Å². The first-order valence-electron chi connectivity index (χ1n) is 7.79. The van der Waals surface area contributed by atoms with Gasteiger partial charge in [-0.25, -0.2) is 0 Å². The number of benzene rings is 2. The third kappa shape index (κ3) is 4.29. The zero-order valence-electron chi connectivity index (χ0n) is 14.9. The van der Waals surface area contributed by atoms with Gasteiger partial charge in [-0.05, 0) is 24.3 Å². The molecule has 0 heterocycles. The fourth-order valence-corrected chi connectivity index (χ4v) is 2.41. The summed E-state index contributed by atoms with van der Waals surface area (Å²) in [6.07, 6.45) is 0. The van der Waals surface area contributed by atoms with Gasteiger partial charge in [0.05, 0.1) is 19.9 Å². The predicted octanol–water partition coefficient (Wildman–Crippen LogP) is 2.72. The molecule has 0 atom stereocenters. The first kappa shape index (κ1) is 18.3. The summed E-state index contributed by atoms with van der Waals surface area (Å²) in [4.78, 5) is 27.7. The molecule has 2 aromatic carbocycles. The number of methoxy groups -OCH3 is 2. The number of amides is 2. The lowest BCUT2D eigenvalue weighted by Gasteiger charge is -2.26. The van der Waals surface area contributed by atoms with E-state index < -0.39 is 0 Å². The average molecular weight is 342 g/mol. The molecule has 6 heteroatoms. The standard InChI is InChI=1S/C19H22N2O4/c1-14(22)21(17-11-10-16(24-3)12-18(17)25-4)13-19(23)20(2)15-8-6-5-7-9-15/h5-12H,13H2,1-4H3. The average Bonchev–Trinajstić information content (AvgIpc) is 2.65. The minimum Gasteiger partial charge on any atom is -0.497 e. The van der Waals surface area contributed by atoms with E-state index in [-0.39, 0.29) is 18.4 Å². The van der Waals surface area contributed by atoms with Crippen LogP contribution in [0.5, 0.6) is 11.5 Å². The maximum Gasteiger partial charge on any atom is 0.246 e. The van der Waals surface area contributed by atoms with Gasteiger partial charge in [0.15, 0.2) is 0 Å². The highest BCUT2D eigenvalue weighted by molar-refractivity contribution is 6.03. The van der Waals surface area contributed by atoms with Gasteiger partial charge in [0, 0.05) is 25.7 Å². The van der Waals surface area contributed by atoms with Crippen LogP contribution in [0.25, 0.3) is 0 Å². The minimum absolute atomic E-state index is 0.0938. The lowest BCUT2D eigenvalue weighted by Crippen LogP contribution is -2.41. The second-order valence-electron chi connectivity index (χ2n) is 5.43. The molecule has 2 amide bonds. The van der Waals surface area contributed by atoms with Crippen LogP contribution in [-0.4, -0.2) is 39.6 Å². The largest absolute Gasteiger partial charge is 0.497 e. The van der Waals surface area contributed by atoms with E-state index >= 15 is 0 Å². The van der Waals surface area contributed by atoms with E-state index in [1.807, 2.05) is 30.3 Å². The van der Waals surface area contributed by atoms with E-state index in [0.717, 1.165) is 5.69 Å². The number of hydrogen-bond donors (Lipinski definition) is 0. The highest BCUT2D eigenvalue weighted by atomic mass is 16.5. The maximum absolute atomic E-state index is 12.6. The molecule has 0 spiro atoms. The van der Waals surface area contributed by atoms with Gasteiger partial charge in [-0.15, -0.1) is 0 Å². The Morgan fingerprint density at radius 1 is 1.00 bits per heavy atom. The Hall–Kier alpha value is -3.02. The van der Waals surface area contributed by atoms with E-state index in [1.165, 1.54) is 23.8 Å². The van der Waals surface area contributed by atoms with Crippen molar-refractivity contribution in [1.29, 1.82) is 0 Å². The van der Waals surface area contributed by atoms with E-state index in [1.54, 1.807) is 32.4 Å². The molecule has 0 unspecified atom stereocenters. The molecule has 0 fully saturated rings. The highest BCUT2D eigenvalue weighted by Crippen LogP contribution is 2.32. The van der Waals surface area contributed by atoms with E-state index in [4.69, 9.17) is 9.47 Å². The zero-order valence-corrected chi connectivity index (χ0v) is 14.9. The molecule has 0 aliphatic rings. The van der Waals surface area contributed by atoms with Gasteiger partial charge in [-0.1, -0.05) is 18.2 Å². The summed E-state index contributed by atoms with van der Waals surface area (Å²) in [5, 5.41) is 0. The monoisotopic (exact) mass is 342 g/mol. The van der Waals surface area contributed by atoms with Gasteiger partial charge in [0.25, 0.3) is 0 Å². The highest BCUT2D eigenvalue weighted by Gasteiger charge is 2.22. The number of anilines is 2. The van der Waals surface area contributed by atoms with Crippen LogP contribution in [0.2, 0.25) is 0 Å². The number of carbonyl (C=O) groups excluding carboxylic acids is 2. The number of hydrogen-bond acceptors (Lipinski definition) is 4. The Kier molecular flexibility index (Phi) is 6.00. The predicted molar refractivity (Wildman–Crippen MR) is 97.4 cm³/mol. The van der Waals surface area contributed by atoms with Gasteiger partial charge < -0.3 is 14.4 Å². The van der Waals surface area contributed by atoms with Crippen molar-refractivity contribution in [3.05, 3.63) is 48.5 Å². The lowest BCUT2D eigenvalue weighted by atomic mass is 10.2. The second kappa shape index (κ2) is 8.19. The Morgan fingerprint density at radius 3 is 2.24 bits per heavy atom. The second-order valence-corrected chi connectivity index (χ2v) is 5.43. The van der Waals surface area contributed by atoms with Crippen LogP contribution in [0.4, 0.5) is 11.4 Å². The molecule has 25 heavy (non-hydrogen) atoms. The Balaban J connectivity index is 2.27. The number of ether oxygens (including phenoxy) is 2. The van der Waals surface area contributed by atoms with E-state index in [0.29, 0.717) is 17.2 Å². The Bertz CT molecular complexity index is 746. The number of nitrogens with zero attached hydrogens (tertiary/aromatic N) is 2. The maximum atomic E-state index is 12.6. The Morgan fingerprint density at radius 2 is 1.68 bits per heavy atom. The molecule has 0 saturated heterocycles. The summed E-state index contributed by atoms with van der Waals surface area (Å²) in [7, 11) is 4.74. The summed E-state index contributed by atoms with van der Waals surface area (Å²) < 4.78 is 10.5. The van der Waals surface area contributed by atoms with Crippen molar-refractivity contribution in [2.45, 2.75) is 6.92 Å². The van der Waals surface area contributed by atoms with Crippen LogP contribution in [0.15, 0.2) is 48.5 Å². The smallest absolute Gasteiger partial charge is 0.246 e. The van der Waals surface area contributed by atoms with Gasteiger partial charge in [0.1, 0.15) is 18.0 Å². The summed E-state index contributed by atoms with van der Waals surface area (Å²) >= 11 is 0. The summed E-state index contributed by atoms with van der Waals surface area (Å²) in [5.74, 6) is 0.610. The third-order valence-electron chi connectivity index (χ3n) is 3.87. The molecule has 2 rings (SSSR count). The first-order chi connectivity index (χ1) is 12.0. The minimum atomic E-state index is -0.252. The van der Waals surface area contributed by atoms with Crippen molar-refractivity contribution in [2.24, 2.45) is 0 Å². The SMILES string of the molecule is COc1ccc(N(CC(=O)N(C)c2ccccc2)C(C)=O)c(OC)c1. The molecule has 0 radical (unpaired) electrons. The number of rotatable bonds is 6. The first-order valence-corrected chi connectivity index (χ1v) is 7.79. The number of carbonyl (C=O) groups is 2. The fraction of sp³-hybridized carbons (Fsp3) is 0.263. The third-order valence-corrected chi connectivity index (χ3v) is 3.87. The van der Waals surface area contributed by atoms with Crippen LogP contribution in [0, 0.1) is 0 Å². The molecular weight excluding hydrogens is 320 g/mol. The van der Waals surface area contributed by atoms with Gasteiger partial charge in [0.2, 0.25) is 11.8 Å². The van der Waals surface area contributed by atoms with Crippen LogP contribution in [-0.2, 0) is 9.59 Å². The molecular formula is C19H22N2O4. The Labute approximate surface area is 147 Å². The number of likely N-dealkylation sites (N-methyl/N-ethyl adjacent to an activating group) is 1. The summed E-state index contributed by atoms with van der Waals surface area (Å²) in [6, 6.07) is 14.4. The van der Waals surface area contributed by atoms with E-state index in [2.05, 4.69) is 0 Å². The molecule has 0 saturated carbocycles. The molecule has 2 aromatic rings. The van der Waals surface area contributed by atoms with Gasteiger partial charge in [-0.3, -0.25) is 14.5 Å². The summed E-state index contributed by atoms with van der Waals surface area (Å²) in [6.45, 7) is 1.32. The van der Waals surface area contributed by atoms with Crippen molar-refractivity contribution >= 4 is 23.2 Å². The lowest BCUT2D eigenvalue weighted by molar-refractivity contribution is -0.121. The zero-order chi connectivity index (χ0) is 18.4. The molecule has 0 aliphatic carbocycles. The van der Waals surface area contributed by atoms with Gasteiger partial charge in [-0.2, -0.15) is 0 Å². The van der Waals surface area contributed by atoms with Crippen molar-refractivity contribution in [1.82, 2.24) is 0 Å². The van der Waals surface area contributed by atoms with Crippen LogP contribution >= 0.6 is 0 Å². The van der Waals surface area contributed by atoms with Crippen molar-refractivity contribution in [2.75, 3.05) is 37.6 Å². The molecule has 0 aromatic heterocycles. The molecule has 6 nitrogen and oxygen atoms in total. The fourth-order valence-electron chi connectivity index (χ4n) is 2.41. The summed E-state index contributed by atoms with van der Waals surface area (Å²) in [5.41, 5.74) is 1.28. The topological polar surface area (TPSA) is 59.1 Å². The van der Waals surface area contributed by atoms with Crippen molar-refractivity contribution < 1.29 is 19.1 Å². The molecule has 132 valence electrons. The number of para-hydroxylation sites is 1. The van der Waals surface area contributed by atoms with Gasteiger partial charge >= 0.3 is 0 Å². The van der Waals surface area contributed by atoms with Crippen molar-refractivity contribution in [3.63, 3.8) is 0 Å². The normalized spacial score (nSPS) is 10.1. The van der Waals surface area contributed by atoms with Crippen LogP contribution in [0.3, 0.4) is 0 Å². The van der Waals surface area contributed by atoms with Crippen LogP contribution in [0.1, 0.15) is 6.92 Å². The molecule has 0 N–H and O–H groups in total. The molecule has 0 bridgehead atoms.